The summed E-state index contributed by atoms with van der Waals surface area (Å²) in [6.45, 7) is 0. The number of rotatable bonds is 3. The van der Waals surface area contributed by atoms with Gasteiger partial charge in [-0.2, -0.15) is 0 Å². The van der Waals surface area contributed by atoms with Crippen molar-refractivity contribution in [2.75, 3.05) is 11.5 Å². The molecule has 2 N–H and O–H groups in total. The van der Waals surface area contributed by atoms with E-state index in [1.807, 2.05) is 0 Å². The highest BCUT2D eigenvalue weighted by Gasteiger charge is 2.22. The number of alkyl halides is 2. The van der Waals surface area contributed by atoms with Crippen LogP contribution in [0.15, 0.2) is 23.1 Å². The van der Waals surface area contributed by atoms with E-state index in [-0.39, 0.29) is 15.6 Å². The summed E-state index contributed by atoms with van der Waals surface area (Å²) < 4.78 is 46.7. The smallest absolute Gasteiger partial charge is 0.252 e. The standard InChI is InChI=1S/C8H8ClF2NO2S/c9-6-3-5(12)1-2-7(6)15(13,14)4-8(10)11/h1-3,8H,4,12H2. The quantitative estimate of drug-likeness (QED) is 0.840. The highest BCUT2D eigenvalue weighted by molar-refractivity contribution is 7.91. The lowest BCUT2D eigenvalue weighted by atomic mass is 10.3. The van der Waals surface area contributed by atoms with Crippen molar-refractivity contribution in [3.63, 3.8) is 0 Å². The molecule has 1 aromatic rings. The van der Waals surface area contributed by atoms with Gasteiger partial charge >= 0.3 is 0 Å². The molecular formula is C8H8ClF2NO2S. The SMILES string of the molecule is Nc1ccc(S(=O)(=O)CC(F)F)c(Cl)c1. The van der Waals surface area contributed by atoms with Gasteiger partial charge in [0.15, 0.2) is 9.84 Å². The Morgan fingerprint density at radius 1 is 1.40 bits per heavy atom. The zero-order valence-electron chi connectivity index (χ0n) is 7.45. The number of anilines is 1. The normalized spacial score (nSPS) is 12.0. The Hall–Kier alpha value is -0.880. The summed E-state index contributed by atoms with van der Waals surface area (Å²) in [5.74, 6) is -1.24. The Labute approximate surface area is 90.8 Å². The number of nitrogen functional groups attached to an aromatic ring is 1. The Bertz CT molecular complexity index is 462. The van der Waals surface area contributed by atoms with E-state index < -0.39 is 22.0 Å². The maximum absolute atomic E-state index is 12.0. The van der Waals surface area contributed by atoms with Gasteiger partial charge in [0, 0.05) is 5.69 Å². The Kier molecular flexibility index (Phi) is 3.51. The highest BCUT2D eigenvalue weighted by atomic mass is 35.5. The van der Waals surface area contributed by atoms with Crippen molar-refractivity contribution < 1.29 is 17.2 Å². The molecule has 0 aliphatic rings. The predicted molar refractivity (Wildman–Crippen MR) is 53.9 cm³/mol. The molecular weight excluding hydrogens is 248 g/mol. The van der Waals surface area contributed by atoms with Gasteiger partial charge in [-0.1, -0.05) is 11.6 Å². The van der Waals surface area contributed by atoms with E-state index in [4.69, 9.17) is 17.3 Å². The van der Waals surface area contributed by atoms with Crippen molar-refractivity contribution in [2.24, 2.45) is 0 Å². The van der Waals surface area contributed by atoms with Crippen molar-refractivity contribution in [3.8, 4) is 0 Å². The fourth-order valence-corrected chi connectivity index (χ4v) is 2.71. The third-order valence-electron chi connectivity index (χ3n) is 1.64. The summed E-state index contributed by atoms with van der Waals surface area (Å²) in [6, 6.07) is 3.62. The first-order valence-corrected chi connectivity index (χ1v) is 5.92. The molecule has 0 saturated heterocycles. The summed E-state index contributed by atoms with van der Waals surface area (Å²) in [4.78, 5) is -0.321. The molecule has 0 aliphatic carbocycles. The largest absolute Gasteiger partial charge is 0.399 e. The summed E-state index contributed by atoms with van der Waals surface area (Å²) >= 11 is 5.59. The zero-order chi connectivity index (χ0) is 11.6. The third-order valence-corrected chi connectivity index (χ3v) is 3.78. The minimum atomic E-state index is -4.04. The lowest BCUT2D eigenvalue weighted by Gasteiger charge is -2.06. The van der Waals surface area contributed by atoms with Crippen LogP contribution in [0.25, 0.3) is 0 Å². The second-order valence-corrected chi connectivity index (χ2v) is 5.27. The highest BCUT2D eigenvalue weighted by Crippen LogP contribution is 2.25. The van der Waals surface area contributed by atoms with E-state index in [1.165, 1.54) is 12.1 Å². The molecule has 0 atom stereocenters. The second-order valence-electron chi connectivity index (χ2n) is 2.86. The number of benzene rings is 1. The third kappa shape index (κ3) is 3.04. The molecule has 1 aromatic carbocycles. The fraction of sp³-hybridized carbons (Fsp3) is 0.250. The van der Waals surface area contributed by atoms with Crippen molar-refractivity contribution in [1.29, 1.82) is 0 Å². The number of hydrogen-bond donors (Lipinski definition) is 1. The molecule has 84 valence electrons. The maximum atomic E-state index is 12.0. The Balaban J connectivity index is 3.16. The van der Waals surface area contributed by atoms with Gasteiger partial charge in [-0.15, -0.1) is 0 Å². The molecule has 0 aliphatic heterocycles. The summed E-state index contributed by atoms with van der Waals surface area (Å²) in [6.07, 6.45) is -2.93. The van der Waals surface area contributed by atoms with Crippen LogP contribution in [0.5, 0.6) is 0 Å². The molecule has 1 rings (SSSR count). The van der Waals surface area contributed by atoms with E-state index in [0.717, 1.165) is 6.07 Å². The van der Waals surface area contributed by atoms with Crippen LogP contribution in [-0.4, -0.2) is 20.6 Å². The first kappa shape index (κ1) is 12.2. The molecule has 0 amide bonds. The topological polar surface area (TPSA) is 60.2 Å². The number of sulfone groups is 1. The number of nitrogens with two attached hydrogens (primary N) is 1. The van der Waals surface area contributed by atoms with E-state index in [0.29, 0.717) is 0 Å². The molecule has 0 aromatic heterocycles. The van der Waals surface area contributed by atoms with Crippen molar-refractivity contribution in [3.05, 3.63) is 23.2 Å². The van der Waals surface area contributed by atoms with Crippen LogP contribution in [-0.2, 0) is 9.84 Å². The summed E-state index contributed by atoms with van der Waals surface area (Å²) in [5, 5.41) is -0.143. The molecule has 0 radical (unpaired) electrons. The molecule has 0 spiro atoms. The average Bonchev–Trinajstić information content (AvgIpc) is 1.99. The maximum Gasteiger partial charge on any atom is 0.252 e. The van der Waals surface area contributed by atoms with Crippen LogP contribution in [0.1, 0.15) is 0 Å². The van der Waals surface area contributed by atoms with Crippen molar-refractivity contribution >= 4 is 27.1 Å². The van der Waals surface area contributed by atoms with Gasteiger partial charge in [-0.3, -0.25) is 0 Å². The summed E-state index contributed by atoms with van der Waals surface area (Å²) in [5.41, 5.74) is 5.62. The minimum absolute atomic E-state index is 0.143. The van der Waals surface area contributed by atoms with Crippen LogP contribution in [0.4, 0.5) is 14.5 Å². The van der Waals surface area contributed by atoms with Gasteiger partial charge in [-0.25, -0.2) is 17.2 Å². The van der Waals surface area contributed by atoms with Crippen molar-refractivity contribution in [1.82, 2.24) is 0 Å². The molecule has 0 fully saturated rings. The first-order chi connectivity index (χ1) is 6.83. The molecule has 0 bridgehead atoms. The van der Waals surface area contributed by atoms with Crippen LogP contribution < -0.4 is 5.73 Å². The van der Waals surface area contributed by atoms with Gasteiger partial charge in [0.25, 0.3) is 6.43 Å². The molecule has 7 heteroatoms. The van der Waals surface area contributed by atoms with Crippen LogP contribution in [0.3, 0.4) is 0 Å². The molecule has 0 unspecified atom stereocenters. The number of hydrogen-bond acceptors (Lipinski definition) is 3. The zero-order valence-corrected chi connectivity index (χ0v) is 9.02. The van der Waals surface area contributed by atoms with Gasteiger partial charge < -0.3 is 5.73 Å². The monoisotopic (exact) mass is 255 g/mol. The van der Waals surface area contributed by atoms with Crippen molar-refractivity contribution in [2.45, 2.75) is 11.3 Å². The van der Waals surface area contributed by atoms with Gasteiger partial charge in [0.2, 0.25) is 0 Å². The summed E-state index contributed by atoms with van der Waals surface area (Å²) in [7, 11) is -4.04. The fourth-order valence-electron chi connectivity index (χ4n) is 1.02. The van der Waals surface area contributed by atoms with Gasteiger partial charge in [0.1, 0.15) is 5.75 Å². The Morgan fingerprint density at radius 2 is 2.00 bits per heavy atom. The van der Waals surface area contributed by atoms with E-state index in [9.17, 15) is 17.2 Å². The van der Waals surface area contributed by atoms with Gasteiger partial charge in [0.05, 0.1) is 9.92 Å². The van der Waals surface area contributed by atoms with Gasteiger partial charge in [-0.05, 0) is 18.2 Å². The molecule has 0 heterocycles. The van der Waals surface area contributed by atoms with E-state index in [1.54, 1.807) is 0 Å². The number of halogens is 3. The first-order valence-electron chi connectivity index (χ1n) is 3.89. The molecule has 0 saturated carbocycles. The second kappa shape index (κ2) is 4.32. The Morgan fingerprint density at radius 3 is 2.47 bits per heavy atom. The molecule has 3 nitrogen and oxygen atoms in total. The van der Waals surface area contributed by atoms with E-state index in [2.05, 4.69) is 0 Å². The van der Waals surface area contributed by atoms with Crippen LogP contribution in [0, 0.1) is 0 Å². The predicted octanol–water partition coefficient (Wildman–Crippen LogP) is 1.96. The average molecular weight is 256 g/mol. The minimum Gasteiger partial charge on any atom is -0.399 e. The lowest BCUT2D eigenvalue weighted by molar-refractivity contribution is 0.174. The lowest BCUT2D eigenvalue weighted by Crippen LogP contribution is -2.14. The van der Waals surface area contributed by atoms with Crippen LogP contribution in [0.2, 0.25) is 5.02 Å². The van der Waals surface area contributed by atoms with Crippen LogP contribution >= 0.6 is 11.6 Å². The van der Waals surface area contributed by atoms with E-state index >= 15 is 0 Å². The molecule has 15 heavy (non-hydrogen) atoms.